The van der Waals surface area contributed by atoms with Crippen LogP contribution in [0.3, 0.4) is 0 Å². The number of nitrogens with zero attached hydrogens (tertiary/aromatic N) is 2. The third-order valence-electron chi connectivity index (χ3n) is 4.30. The molecule has 0 aliphatic heterocycles. The highest BCUT2D eigenvalue weighted by atomic mass is 32.1. The van der Waals surface area contributed by atoms with Crippen LogP contribution >= 0.6 is 11.3 Å². The first-order valence-corrected chi connectivity index (χ1v) is 9.56. The van der Waals surface area contributed by atoms with Crippen molar-refractivity contribution in [2.24, 2.45) is 0 Å². The second-order valence-electron chi connectivity index (χ2n) is 6.10. The monoisotopic (exact) mass is 396 g/mol. The summed E-state index contributed by atoms with van der Waals surface area (Å²) < 4.78 is 10.5. The minimum atomic E-state index is -0.553. The predicted octanol–water partition coefficient (Wildman–Crippen LogP) is 3.96. The predicted molar refractivity (Wildman–Crippen MR) is 110 cm³/mol. The Bertz CT molecular complexity index is 1070. The standard InChI is InChI=1S/C20H20N4O3S/c1-3-4-9-27-12-7-5-11(6-8-12)14-13(10-21)18(23)24-19-15(14)16(22)17(28-19)20(25)26-2/h5-8H,3-4,9,22H2,1-2H3,(H2,23,24). The second kappa shape index (κ2) is 8.15. The number of benzene rings is 1. The van der Waals surface area contributed by atoms with Gasteiger partial charge in [0, 0.05) is 10.9 Å². The maximum Gasteiger partial charge on any atom is 0.350 e. The Labute approximate surface area is 166 Å². The van der Waals surface area contributed by atoms with Crippen molar-refractivity contribution in [3.63, 3.8) is 0 Å². The summed E-state index contributed by atoms with van der Waals surface area (Å²) >= 11 is 1.09. The molecule has 0 bridgehead atoms. The third kappa shape index (κ3) is 3.44. The van der Waals surface area contributed by atoms with Crippen molar-refractivity contribution in [2.45, 2.75) is 19.8 Å². The summed E-state index contributed by atoms with van der Waals surface area (Å²) in [5.74, 6) is 0.275. The number of aromatic nitrogens is 1. The molecule has 1 aromatic carbocycles. The number of esters is 1. The highest BCUT2D eigenvalue weighted by Gasteiger charge is 2.24. The summed E-state index contributed by atoms with van der Waals surface area (Å²) in [4.78, 5) is 17.0. The van der Waals surface area contributed by atoms with Gasteiger partial charge in [0.15, 0.2) is 0 Å². The van der Waals surface area contributed by atoms with Gasteiger partial charge < -0.3 is 20.9 Å². The zero-order valence-electron chi connectivity index (χ0n) is 15.6. The summed E-state index contributed by atoms with van der Waals surface area (Å²) in [6.45, 7) is 2.74. The average Bonchev–Trinajstić information content (AvgIpc) is 3.03. The lowest BCUT2D eigenvalue weighted by molar-refractivity contribution is 0.0607. The number of ether oxygens (including phenoxy) is 2. The van der Waals surface area contributed by atoms with Crippen molar-refractivity contribution in [3.05, 3.63) is 34.7 Å². The van der Waals surface area contributed by atoms with Gasteiger partial charge in [-0.25, -0.2) is 9.78 Å². The van der Waals surface area contributed by atoms with Gasteiger partial charge in [-0.2, -0.15) is 5.26 Å². The highest BCUT2D eigenvalue weighted by molar-refractivity contribution is 7.21. The largest absolute Gasteiger partial charge is 0.494 e. The fraction of sp³-hybridized carbons (Fsp3) is 0.250. The fourth-order valence-corrected chi connectivity index (χ4v) is 3.90. The zero-order chi connectivity index (χ0) is 20.3. The van der Waals surface area contributed by atoms with E-state index in [2.05, 4.69) is 18.0 Å². The second-order valence-corrected chi connectivity index (χ2v) is 7.10. The molecule has 3 rings (SSSR count). The van der Waals surface area contributed by atoms with Gasteiger partial charge >= 0.3 is 5.97 Å². The number of carbonyl (C=O) groups is 1. The van der Waals surface area contributed by atoms with Crippen molar-refractivity contribution < 1.29 is 14.3 Å². The van der Waals surface area contributed by atoms with Crippen molar-refractivity contribution in [1.29, 1.82) is 5.26 Å². The number of hydrogen-bond acceptors (Lipinski definition) is 8. The number of nitrogens with two attached hydrogens (primary N) is 2. The van der Waals surface area contributed by atoms with Crippen molar-refractivity contribution in [3.8, 4) is 22.9 Å². The lowest BCUT2D eigenvalue weighted by atomic mass is 9.97. The van der Waals surface area contributed by atoms with Crippen molar-refractivity contribution in [2.75, 3.05) is 25.2 Å². The van der Waals surface area contributed by atoms with Crippen molar-refractivity contribution in [1.82, 2.24) is 4.98 Å². The minimum Gasteiger partial charge on any atom is -0.494 e. The first kappa shape index (κ1) is 19.5. The number of nitrogen functional groups attached to an aromatic ring is 2. The van der Waals surface area contributed by atoms with Gasteiger partial charge in [-0.05, 0) is 24.1 Å². The first-order valence-electron chi connectivity index (χ1n) is 8.74. The topological polar surface area (TPSA) is 124 Å². The number of unbranched alkanes of at least 4 members (excludes halogenated alkanes) is 1. The number of carbonyl (C=O) groups excluding carboxylic acids is 1. The maximum absolute atomic E-state index is 12.0. The van der Waals surface area contributed by atoms with E-state index < -0.39 is 5.97 Å². The number of rotatable bonds is 6. The van der Waals surface area contributed by atoms with E-state index in [9.17, 15) is 10.1 Å². The molecule has 0 fully saturated rings. The van der Waals surface area contributed by atoms with E-state index in [4.69, 9.17) is 20.9 Å². The molecule has 144 valence electrons. The number of pyridine rings is 1. The van der Waals surface area contributed by atoms with Gasteiger partial charge in [0.25, 0.3) is 0 Å². The van der Waals surface area contributed by atoms with E-state index in [1.54, 1.807) is 0 Å². The summed E-state index contributed by atoms with van der Waals surface area (Å²) in [5, 5.41) is 10.2. The Morgan fingerprint density at radius 1 is 1.29 bits per heavy atom. The fourth-order valence-electron chi connectivity index (χ4n) is 2.87. The van der Waals surface area contributed by atoms with Crippen LogP contribution in [0, 0.1) is 11.3 Å². The molecule has 4 N–H and O–H groups in total. The molecule has 0 amide bonds. The number of fused-ring (bicyclic) bond motifs is 1. The average molecular weight is 396 g/mol. The number of nitriles is 1. The van der Waals surface area contributed by atoms with Gasteiger partial charge in [0.05, 0.1) is 19.4 Å². The summed E-state index contributed by atoms with van der Waals surface area (Å²) in [7, 11) is 1.28. The van der Waals surface area contributed by atoms with E-state index in [1.165, 1.54) is 7.11 Å². The molecule has 0 spiro atoms. The van der Waals surface area contributed by atoms with Crippen LogP contribution in [0.5, 0.6) is 5.75 Å². The smallest absolute Gasteiger partial charge is 0.350 e. The summed E-state index contributed by atoms with van der Waals surface area (Å²) in [5.41, 5.74) is 14.0. The lowest BCUT2D eigenvalue weighted by Crippen LogP contribution is -2.02. The quantitative estimate of drug-likeness (QED) is 0.477. The summed E-state index contributed by atoms with van der Waals surface area (Å²) in [6.07, 6.45) is 2.03. The molecular weight excluding hydrogens is 376 g/mol. The van der Waals surface area contributed by atoms with Gasteiger partial charge in [-0.15, -0.1) is 11.3 Å². The van der Waals surface area contributed by atoms with E-state index >= 15 is 0 Å². The third-order valence-corrected chi connectivity index (χ3v) is 5.38. The number of methoxy groups -OCH3 is 1. The first-order chi connectivity index (χ1) is 13.5. The Morgan fingerprint density at radius 2 is 2.00 bits per heavy atom. The molecule has 8 heteroatoms. The van der Waals surface area contributed by atoms with E-state index in [1.807, 2.05) is 24.3 Å². The van der Waals surface area contributed by atoms with Gasteiger partial charge in [0.2, 0.25) is 0 Å². The molecule has 2 heterocycles. The molecular formula is C20H20N4O3S. The molecule has 28 heavy (non-hydrogen) atoms. The van der Waals surface area contributed by atoms with Crippen LogP contribution in [-0.4, -0.2) is 24.7 Å². The summed E-state index contributed by atoms with van der Waals surface area (Å²) in [6, 6.07) is 9.45. The van der Waals surface area contributed by atoms with E-state index in [0.717, 1.165) is 35.5 Å². The molecule has 2 aromatic heterocycles. The van der Waals surface area contributed by atoms with Gasteiger partial charge in [0.1, 0.15) is 32.9 Å². The van der Waals surface area contributed by atoms with Crippen LogP contribution < -0.4 is 16.2 Å². The van der Waals surface area contributed by atoms with Crippen LogP contribution in [0.4, 0.5) is 11.5 Å². The van der Waals surface area contributed by atoms with Crippen LogP contribution in [0.2, 0.25) is 0 Å². The molecule has 0 saturated carbocycles. The Morgan fingerprint density at radius 3 is 2.61 bits per heavy atom. The van der Waals surface area contributed by atoms with E-state index in [0.29, 0.717) is 22.4 Å². The molecule has 0 aliphatic carbocycles. The van der Waals surface area contributed by atoms with Crippen molar-refractivity contribution >= 4 is 39.0 Å². The van der Waals surface area contributed by atoms with Crippen LogP contribution in [0.25, 0.3) is 21.3 Å². The minimum absolute atomic E-state index is 0.0888. The maximum atomic E-state index is 12.0. The number of hydrogen-bond donors (Lipinski definition) is 2. The molecule has 0 saturated heterocycles. The SMILES string of the molecule is CCCCOc1ccc(-c2c(C#N)c(N)nc3sc(C(=O)OC)c(N)c23)cc1. The molecule has 7 nitrogen and oxygen atoms in total. The molecule has 3 aromatic rings. The Hall–Kier alpha value is -3.31. The van der Waals surface area contributed by atoms with Gasteiger partial charge in [-0.3, -0.25) is 0 Å². The van der Waals surface area contributed by atoms with Crippen LogP contribution in [-0.2, 0) is 4.74 Å². The Balaban J connectivity index is 2.17. The van der Waals surface area contributed by atoms with E-state index in [-0.39, 0.29) is 21.9 Å². The molecule has 0 aliphatic rings. The van der Waals surface area contributed by atoms with Crippen LogP contribution in [0.15, 0.2) is 24.3 Å². The van der Waals surface area contributed by atoms with Gasteiger partial charge in [-0.1, -0.05) is 25.5 Å². The lowest BCUT2D eigenvalue weighted by Gasteiger charge is -2.11. The normalized spacial score (nSPS) is 10.6. The Kier molecular flexibility index (Phi) is 5.66. The number of thiophene rings is 1. The molecule has 0 atom stereocenters. The molecule has 0 unspecified atom stereocenters. The number of anilines is 2. The molecule has 0 radical (unpaired) electrons. The van der Waals surface area contributed by atoms with Crippen LogP contribution in [0.1, 0.15) is 35.0 Å². The highest BCUT2D eigenvalue weighted by Crippen LogP contribution is 2.43. The zero-order valence-corrected chi connectivity index (χ0v) is 16.4.